The molecular weight excluding hydrogens is 262 g/mol. The van der Waals surface area contributed by atoms with Crippen LogP contribution in [0.5, 0.6) is 0 Å². The molecule has 1 N–H and O–H groups in total. The first-order valence-electron chi connectivity index (χ1n) is 6.31. The van der Waals surface area contributed by atoms with Gasteiger partial charge in [0.25, 0.3) is 0 Å². The van der Waals surface area contributed by atoms with E-state index in [9.17, 15) is 9.59 Å². The molecular formula is C14H21NO3S. The van der Waals surface area contributed by atoms with Crippen molar-refractivity contribution in [2.75, 3.05) is 0 Å². The van der Waals surface area contributed by atoms with Gasteiger partial charge in [-0.25, -0.2) is 0 Å². The van der Waals surface area contributed by atoms with Gasteiger partial charge in [-0.05, 0) is 50.1 Å². The van der Waals surface area contributed by atoms with Gasteiger partial charge in [-0.3, -0.25) is 9.59 Å². The first-order chi connectivity index (χ1) is 8.78. The third-order valence-electron chi connectivity index (χ3n) is 2.40. The summed E-state index contributed by atoms with van der Waals surface area (Å²) in [5, 5.41) is 6.83. The summed E-state index contributed by atoms with van der Waals surface area (Å²) in [6.07, 6.45) is 0.267. The number of carbonyl (C=O) groups excluding carboxylic acids is 2. The average Bonchev–Trinajstić information content (AvgIpc) is 2.77. The second-order valence-corrected chi connectivity index (χ2v) is 6.21. The standard InChI is InChI=1S/C14H21NO3S/c1-10(11-7-8-19-9-11)15-12(16)5-6-13(17)18-14(2,3)4/h7-10H,5-6H2,1-4H3,(H,15,16). The maximum atomic E-state index is 11.7. The molecule has 1 aromatic rings. The zero-order valence-electron chi connectivity index (χ0n) is 11.9. The maximum absolute atomic E-state index is 11.7. The Morgan fingerprint density at radius 2 is 2.05 bits per heavy atom. The van der Waals surface area contributed by atoms with E-state index in [0.717, 1.165) is 5.56 Å². The van der Waals surface area contributed by atoms with Crippen molar-refractivity contribution in [2.45, 2.75) is 52.2 Å². The highest BCUT2D eigenvalue weighted by Crippen LogP contribution is 2.16. The number of carbonyl (C=O) groups is 2. The molecule has 0 fully saturated rings. The molecule has 1 aromatic heterocycles. The lowest BCUT2D eigenvalue weighted by molar-refractivity contribution is -0.155. The molecule has 0 aliphatic heterocycles. The van der Waals surface area contributed by atoms with Crippen molar-refractivity contribution in [3.8, 4) is 0 Å². The molecule has 106 valence electrons. The molecule has 0 bridgehead atoms. The fourth-order valence-corrected chi connectivity index (χ4v) is 2.28. The SMILES string of the molecule is CC(NC(=O)CCC(=O)OC(C)(C)C)c1ccsc1. The fourth-order valence-electron chi connectivity index (χ4n) is 1.53. The molecule has 1 atom stereocenters. The smallest absolute Gasteiger partial charge is 0.306 e. The Kier molecular flexibility index (Phi) is 5.54. The molecule has 1 heterocycles. The first kappa shape index (κ1) is 15.7. The highest BCUT2D eigenvalue weighted by Gasteiger charge is 2.17. The molecule has 1 rings (SSSR count). The third kappa shape index (κ3) is 6.38. The Labute approximate surface area is 118 Å². The quantitative estimate of drug-likeness (QED) is 0.845. The minimum atomic E-state index is -0.502. The number of ether oxygens (including phenoxy) is 1. The van der Waals surface area contributed by atoms with E-state index in [-0.39, 0.29) is 30.8 Å². The Hall–Kier alpha value is -1.36. The van der Waals surface area contributed by atoms with E-state index in [1.54, 1.807) is 11.3 Å². The van der Waals surface area contributed by atoms with Crippen molar-refractivity contribution >= 4 is 23.2 Å². The van der Waals surface area contributed by atoms with E-state index < -0.39 is 5.60 Å². The van der Waals surface area contributed by atoms with Gasteiger partial charge in [0.15, 0.2) is 0 Å². The number of hydrogen-bond acceptors (Lipinski definition) is 4. The second kappa shape index (κ2) is 6.70. The number of hydrogen-bond donors (Lipinski definition) is 1. The Morgan fingerprint density at radius 3 is 2.58 bits per heavy atom. The van der Waals surface area contributed by atoms with Gasteiger partial charge in [0.1, 0.15) is 5.60 Å². The lowest BCUT2D eigenvalue weighted by atomic mass is 10.1. The van der Waals surface area contributed by atoms with Crippen LogP contribution in [0.4, 0.5) is 0 Å². The van der Waals surface area contributed by atoms with E-state index in [2.05, 4.69) is 5.32 Å². The highest BCUT2D eigenvalue weighted by atomic mass is 32.1. The van der Waals surface area contributed by atoms with E-state index in [1.165, 1.54) is 0 Å². The highest BCUT2D eigenvalue weighted by molar-refractivity contribution is 7.07. The minimum Gasteiger partial charge on any atom is -0.460 e. The molecule has 5 heteroatoms. The Balaban J connectivity index is 2.30. The molecule has 0 saturated carbocycles. The Bertz CT molecular complexity index is 420. The topological polar surface area (TPSA) is 55.4 Å². The monoisotopic (exact) mass is 283 g/mol. The van der Waals surface area contributed by atoms with E-state index in [4.69, 9.17) is 4.74 Å². The van der Waals surface area contributed by atoms with Crippen LogP contribution in [0.1, 0.15) is 52.1 Å². The molecule has 1 unspecified atom stereocenters. The summed E-state index contributed by atoms with van der Waals surface area (Å²) in [5.74, 6) is -0.476. The zero-order chi connectivity index (χ0) is 14.5. The van der Waals surface area contributed by atoms with Crippen LogP contribution < -0.4 is 5.32 Å². The van der Waals surface area contributed by atoms with Crippen molar-refractivity contribution in [2.24, 2.45) is 0 Å². The minimum absolute atomic E-state index is 0.0302. The average molecular weight is 283 g/mol. The molecule has 0 saturated heterocycles. The molecule has 0 radical (unpaired) electrons. The van der Waals surface area contributed by atoms with Crippen LogP contribution in [0.2, 0.25) is 0 Å². The summed E-state index contributed by atoms with van der Waals surface area (Å²) < 4.78 is 5.15. The van der Waals surface area contributed by atoms with Gasteiger partial charge in [-0.2, -0.15) is 11.3 Å². The summed E-state index contributed by atoms with van der Waals surface area (Å²) in [5.41, 5.74) is 0.577. The van der Waals surface area contributed by atoms with Crippen molar-refractivity contribution in [1.82, 2.24) is 5.32 Å². The molecule has 0 spiro atoms. The largest absolute Gasteiger partial charge is 0.460 e. The van der Waals surface area contributed by atoms with Crippen LogP contribution in [0.25, 0.3) is 0 Å². The predicted octanol–water partition coefficient (Wildman–Crippen LogP) is 3.05. The number of thiophene rings is 1. The van der Waals surface area contributed by atoms with Crippen LogP contribution in [-0.4, -0.2) is 17.5 Å². The van der Waals surface area contributed by atoms with Gasteiger partial charge in [0, 0.05) is 6.42 Å². The molecule has 19 heavy (non-hydrogen) atoms. The lowest BCUT2D eigenvalue weighted by Crippen LogP contribution is -2.28. The summed E-state index contributed by atoms with van der Waals surface area (Å²) in [4.78, 5) is 23.2. The predicted molar refractivity (Wildman–Crippen MR) is 76.0 cm³/mol. The van der Waals surface area contributed by atoms with Gasteiger partial charge in [0.05, 0.1) is 12.5 Å². The van der Waals surface area contributed by atoms with Crippen LogP contribution in [-0.2, 0) is 14.3 Å². The van der Waals surface area contributed by atoms with Crippen LogP contribution in [0.15, 0.2) is 16.8 Å². The molecule has 0 aliphatic rings. The normalized spacial score (nSPS) is 12.8. The lowest BCUT2D eigenvalue weighted by Gasteiger charge is -2.19. The third-order valence-corrected chi connectivity index (χ3v) is 3.10. The van der Waals surface area contributed by atoms with Crippen molar-refractivity contribution in [3.63, 3.8) is 0 Å². The summed E-state index contributed by atoms with van der Waals surface area (Å²) in [6, 6.07) is 1.95. The fraction of sp³-hybridized carbons (Fsp3) is 0.571. The second-order valence-electron chi connectivity index (χ2n) is 5.43. The molecule has 0 aromatic carbocycles. The van der Waals surface area contributed by atoms with Crippen molar-refractivity contribution < 1.29 is 14.3 Å². The zero-order valence-corrected chi connectivity index (χ0v) is 12.7. The van der Waals surface area contributed by atoms with E-state index in [1.807, 2.05) is 44.5 Å². The summed E-state index contributed by atoms with van der Waals surface area (Å²) in [6.45, 7) is 7.35. The molecule has 0 aliphatic carbocycles. The van der Waals surface area contributed by atoms with E-state index >= 15 is 0 Å². The first-order valence-corrected chi connectivity index (χ1v) is 7.25. The molecule has 1 amide bonds. The van der Waals surface area contributed by atoms with Gasteiger partial charge in [-0.1, -0.05) is 0 Å². The van der Waals surface area contributed by atoms with Crippen molar-refractivity contribution in [3.05, 3.63) is 22.4 Å². The molecule has 4 nitrogen and oxygen atoms in total. The van der Waals surface area contributed by atoms with Gasteiger partial charge >= 0.3 is 5.97 Å². The summed E-state index contributed by atoms with van der Waals surface area (Å²) >= 11 is 1.59. The Morgan fingerprint density at radius 1 is 1.37 bits per heavy atom. The van der Waals surface area contributed by atoms with Crippen LogP contribution >= 0.6 is 11.3 Å². The van der Waals surface area contributed by atoms with Crippen molar-refractivity contribution in [1.29, 1.82) is 0 Å². The number of esters is 1. The maximum Gasteiger partial charge on any atom is 0.306 e. The van der Waals surface area contributed by atoms with Gasteiger partial charge in [-0.15, -0.1) is 0 Å². The van der Waals surface area contributed by atoms with Crippen LogP contribution in [0, 0.1) is 0 Å². The number of amides is 1. The van der Waals surface area contributed by atoms with Gasteiger partial charge in [0.2, 0.25) is 5.91 Å². The number of rotatable bonds is 5. The summed E-state index contributed by atoms with van der Waals surface area (Å²) in [7, 11) is 0. The number of nitrogens with one attached hydrogen (secondary N) is 1. The van der Waals surface area contributed by atoms with Gasteiger partial charge < -0.3 is 10.1 Å². The van der Waals surface area contributed by atoms with E-state index in [0.29, 0.717) is 0 Å². The van der Waals surface area contributed by atoms with Crippen LogP contribution in [0.3, 0.4) is 0 Å².